The van der Waals surface area contributed by atoms with Crippen LogP contribution in [0.5, 0.6) is 0 Å². The Labute approximate surface area is 157 Å². The minimum absolute atomic E-state index is 0.136. The summed E-state index contributed by atoms with van der Waals surface area (Å²) in [6, 6.07) is 15.0. The highest BCUT2D eigenvalue weighted by molar-refractivity contribution is 7.91. The molecule has 1 saturated heterocycles. The smallest absolute Gasteiger partial charge is 0.338 e. The zero-order chi connectivity index (χ0) is 19.4. The normalized spacial score (nSPS) is 18.3. The lowest BCUT2D eigenvalue weighted by Gasteiger charge is -2.25. The second-order valence-electron chi connectivity index (χ2n) is 6.66. The molecule has 4 nitrogen and oxygen atoms in total. The Balaban J connectivity index is 1.92. The molecule has 1 aliphatic heterocycles. The van der Waals surface area contributed by atoms with Crippen LogP contribution in [0.2, 0.25) is 0 Å². The summed E-state index contributed by atoms with van der Waals surface area (Å²) in [4.78, 5) is 14.0. The Hall–Kier alpha value is -2.28. The van der Waals surface area contributed by atoms with Crippen molar-refractivity contribution >= 4 is 15.7 Å². The van der Waals surface area contributed by atoms with Gasteiger partial charge in [0.05, 0.1) is 10.5 Å². The number of benzene rings is 2. The van der Waals surface area contributed by atoms with E-state index in [1.165, 1.54) is 18.2 Å². The van der Waals surface area contributed by atoms with Crippen LogP contribution in [0, 0.1) is 0 Å². The summed E-state index contributed by atoms with van der Waals surface area (Å²) in [5.74, 6) is -3.94. The molecule has 0 spiro atoms. The fourth-order valence-corrected chi connectivity index (χ4v) is 4.40. The molecule has 0 radical (unpaired) electrons. The summed E-state index contributed by atoms with van der Waals surface area (Å²) in [6.07, 6.45) is 2.66. The number of rotatable bonds is 4. The van der Waals surface area contributed by atoms with E-state index in [0.29, 0.717) is 13.1 Å². The molecule has 1 fully saturated rings. The maximum atomic E-state index is 13.0. The van der Waals surface area contributed by atoms with Crippen molar-refractivity contribution in [3.05, 3.63) is 65.7 Å². The minimum atomic E-state index is -4.85. The van der Waals surface area contributed by atoms with Gasteiger partial charge in [0.25, 0.3) is 5.91 Å². The highest BCUT2D eigenvalue weighted by Crippen LogP contribution is 2.29. The van der Waals surface area contributed by atoms with E-state index < -0.39 is 26.4 Å². The lowest BCUT2D eigenvalue weighted by molar-refractivity contribution is 0.0750. The van der Waals surface area contributed by atoms with E-state index in [0.717, 1.165) is 30.9 Å². The first-order chi connectivity index (χ1) is 12.9. The zero-order valence-electron chi connectivity index (χ0n) is 14.7. The predicted molar refractivity (Wildman–Crippen MR) is 98.6 cm³/mol. The van der Waals surface area contributed by atoms with Gasteiger partial charge in [-0.3, -0.25) is 4.79 Å². The van der Waals surface area contributed by atoms with Crippen LogP contribution >= 0.6 is 0 Å². The van der Waals surface area contributed by atoms with Crippen molar-refractivity contribution in [1.29, 1.82) is 0 Å². The Morgan fingerprint density at radius 1 is 1.00 bits per heavy atom. The van der Waals surface area contributed by atoms with E-state index in [-0.39, 0.29) is 11.5 Å². The van der Waals surface area contributed by atoms with E-state index >= 15 is 0 Å². The minimum Gasteiger partial charge on any atom is -0.338 e. The molecule has 0 aliphatic carbocycles. The molecular weight excluding hydrogens is 372 g/mol. The van der Waals surface area contributed by atoms with Crippen molar-refractivity contribution in [1.82, 2.24) is 4.90 Å². The largest absolute Gasteiger partial charge is 0.341 e. The lowest BCUT2D eigenvalue weighted by Crippen LogP contribution is -2.35. The van der Waals surface area contributed by atoms with Crippen LogP contribution in [0.4, 0.5) is 8.78 Å². The number of nitrogens with zero attached hydrogens (tertiary/aromatic N) is 1. The van der Waals surface area contributed by atoms with Crippen LogP contribution in [-0.2, 0) is 9.84 Å². The van der Waals surface area contributed by atoms with Crippen LogP contribution in [0.3, 0.4) is 0 Å². The molecule has 3 rings (SSSR count). The topological polar surface area (TPSA) is 54.5 Å². The lowest BCUT2D eigenvalue weighted by atomic mass is 9.94. The molecule has 1 atom stereocenters. The molecule has 0 bridgehead atoms. The number of hydrogen-bond donors (Lipinski definition) is 0. The number of sulfone groups is 1. The number of alkyl halides is 2. The summed E-state index contributed by atoms with van der Waals surface area (Å²) in [6.45, 7) is 0.914. The number of likely N-dealkylation sites (tertiary alicyclic amines) is 1. The van der Waals surface area contributed by atoms with Crippen molar-refractivity contribution in [2.45, 2.75) is 35.8 Å². The van der Waals surface area contributed by atoms with Crippen LogP contribution in [0.15, 0.2) is 59.5 Å². The van der Waals surface area contributed by atoms with Crippen molar-refractivity contribution in [2.75, 3.05) is 13.1 Å². The number of carbonyl (C=O) groups is 1. The number of halogens is 2. The molecule has 1 aliphatic rings. The third kappa shape index (κ3) is 4.18. The second kappa shape index (κ2) is 8.17. The van der Waals surface area contributed by atoms with Crippen molar-refractivity contribution in [3.8, 4) is 0 Å². The molecule has 144 valence electrons. The van der Waals surface area contributed by atoms with E-state index in [2.05, 4.69) is 0 Å². The van der Waals surface area contributed by atoms with Gasteiger partial charge in [0, 0.05) is 19.0 Å². The second-order valence-corrected chi connectivity index (χ2v) is 8.54. The fourth-order valence-electron chi connectivity index (χ4n) is 3.48. The third-order valence-electron chi connectivity index (χ3n) is 4.89. The SMILES string of the molecule is O=C(c1ccccc1S(=O)(=O)C(F)F)N1CCCCC(c2ccccc2)C1. The van der Waals surface area contributed by atoms with Gasteiger partial charge in [0.15, 0.2) is 0 Å². The summed E-state index contributed by atoms with van der Waals surface area (Å²) in [7, 11) is -4.85. The Bertz CT molecular complexity index is 900. The summed E-state index contributed by atoms with van der Waals surface area (Å²) in [5, 5.41) is 0. The average Bonchev–Trinajstić information content (AvgIpc) is 2.94. The molecule has 2 aromatic carbocycles. The van der Waals surface area contributed by atoms with Crippen LogP contribution < -0.4 is 0 Å². The maximum absolute atomic E-state index is 13.0. The predicted octanol–water partition coefficient (Wildman–Crippen LogP) is 4.09. The van der Waals surface area contributed by atoms with Gasteiger partial charge in [-0.2, -0.15) is 8.78 Å². The average molecular weight is 393 g/mol. The first kappa shape index (κ1) is 19.5. The summed E-state index contributed by atoms with van der Waals surface area (Å²) < 4.78 is 50.0. The van der Waals surface area contributed by atoms with Crippen LogP contribution in [0.1, 0.15) is 41.1 Å². The number of hydrogen-bond acceptors (Lipinski definition) is 3. The standard InChI is InChI=1S/C20H21F2NO3S/c21-20(22)27(25,26)18-12-5-4-11-17(18)19(24)23-13-7-6-10-16(14-23)15-8-2-1-3-9-15/h1-5,8-9,11-12,16,20H,6-7,10,13-14H2. The van der Waals surface area contributed by atoms with Crippen molar-refractivity contribution in [3.63, 3.8) is 0 Å². The van der Waals surface area contributed by atoms with Gasteiger partial charge < -0.3 is 4.90 Å². The summed E-state index contributed by atoms with van der Waals surface area (Å²) in [5.41, 5.74) is 0.928. The molecule has 1 unspecified atom stereocenters. The number of carbonyl (C=O) groups excluding carboxylic acids is 1. The summed E-state index contributed by atoms with van der Waals surface area (Å²) >= 11 is 0. The van der Waals surface area contributed by atoms with Gasteiger partial charge in [-0.05, 0) is 30.5 Å². The molecule has 7 heteroatoms. The van der Waals surface area contributed by atoms with Gasteiger partial charge in [-0.1, -0.05) is 48.9 Å². The molecule has 2 aromatic rings. The maximum Gasteiger partial charge on any atom is 0.341 e. The van der Waals surface area contributed by atoms with Crippen LogP contribution in [-0.4, -0.2) is 38.1 Å². The molecular formula is C20H21F2NO3S. The van der Waals surface area contributed by atoms with Crippen molar-refractivity contribution in [2.24, 2.45) is 0 Å². The quantitative estimate of drug-likeness (QED) is 0.786. The molecule has 1 amide bonds. The van der Waals surface area contributed by atoms with Gasteiger partial charge in [0.2, 0.25) is 9.84 Å². The fraction of sp³-hybridized carbons (Fsp3) is 0.350. The molecule has 0 aromatic heterocycles. The first-order valence-corrected chi connectivity index (χ1v) is 10.4. The molecule has 27 heavy (non-hydrogen) atoms. The Morgan fingerprint density at radius 2 is 1.67 bits per heavy atom. The van der Waals surface area contributed by atoms with Gasteiger partial charge in [0.1, 0.15) is 0 Å². The molecule has 0 saturated carbocycles. The molecule has 0 N–H and O–H groups in total. The van der Waals surface area contributed by atoms with E-state index in [9.17, 15) is 22.0 Å². The van der Waals surface area contributed by atoms with Gasteiger partial charge >= 0.3 is 5.76 Å². The third-order valence-corrected chi connectivity index (χ3v) is 6.33. The monoisotopic (exact) mass is 393 g/mol. The zero-order valence-corrected chi connectivity index (χ0v) is 15.5. The highest BCUT2D eigenvalue weighted by Gasteiger charge is 2.33. The van der Waals surface area contributed by atoms with Crippen molar-refractivity contribution < 1.29 is 22.0 Å². The van der Waals surface area contributed by atoms with Crippen LogP contribution in [0.25, 0.3) is 0 Å². The van der Waals surface area contributed by atoms with Gasteiger partial charge in [-0.15, -0.1) is 0 Å². The first-order valence-electron chi connectivity index (χ1n) is 8.86. The Kier molecular flexibility index (Phi) is 5.89. The molecule has 1 heterocycles. The highest BCUT2D eigenvalue weighted by atomic mass is 32.2. The Morgan fingerprint density at radius 3 is 2.37 bits per heavy atom. The van der Waals surface area contributed by atoms with Gasteiger partial charge in [-0.25, -0.2) is 8.42 Å². The number of amides is 1. The van der Waals surface area contributed by atoms with E-state index in [1.807, 2.05) is 30.3 Å². The van der Waals surface area contributed by atoms with E-state index in [4.69, 9.17) is 0 Å². The van der Waals surface area contributed by atoms with E-state index in [1.54, 1.807) is 4.90 Å².